The molecule has 58 heavy (non-hydrogen) atoms. The van der Waals surface area contributed by atoms with Crippen LogP contribution in [0.4, 0.5) is 0 Å². The largest absolute Gasteiger partial charge is 0.493 e. The average Bonchev–Trinajstić information content (AvgIpc) is 3.71. The maximum absolute atomic E-state index is 12.6. The normalized spacial score (nSPS) is 18.4. The van der Waals surface area contributed by atoms with E-state index in [9.17, 15) is 19.8 Å². The number of likely N-dealkylation sites (tertiary alicyclic amines) is 1. The number of benzene rings is 3. The number of hydrogen-bond acceptors (Lipinski definition) is 11. The summed E-state index contributed by atoms with van der Waals surface area (Å²) in [6, 6.07) is 14.0. The van der Waals surface area contributed by atoms with Crippen LogP contribution in [-0.2, 0) is 51.7 Å². The number of carbonyl (C=O) groups excluding carboxylic acids is 2. The van der Waals surface area contributed by atoms with E-state index in [2.05, 4.69) is 7.05 Å². The van der Waals surface area contributed by atoms with E-state index in [1.807, 2.05) is 42.5 Å². The predicted molar refractivity (Wildman–Crippen MR) is 218 cm³/mol. The molecule has 3 aromatic rings. The maximum Gasteiger partial charge on any atom is 0.331 e. The molecule has 0 spiro atoms. The highest BCUT2D eigenvalue weighted by atomic mass is 16.5. The Morgan fingerprint density at radius 3 is 1.90 bits per heavy atom. The van der Waals surface area contributed by atoms with Crippen molar-refractivity contribution < 1.29 is 61.9 Å². The van der Waals surface area contributed by atoms with E-state index in [1.54, 1.807) is 35.5 Å². The first-order chi connectivity index (χ1) is 28.1. The van der Waals surface area contributed by atoms with E-state index in [0.29, 0.717) is 52.5 Å². The number of carbonyl (C=O) groups is 2. The fourth-order valence-electron chi connectivity index (χ4n) is 8.80. The van der Waals surface area contributed by atoms with Crippen LogP contribution in [-0.4, -0.2) is 120 Å². The van der Waals surface area contributed by atoms with Crippen molar-refractivity contribution in [1.29, 1.82) is 0 Å². The van der Waals surface area contributed by atoms with Gasteiger partial charge in [0.25, 0.3) is 0 Å². The average molecular weight is 807 g/mol. The second kappa shape index (κ2) is 20.7. The minimum Gasteiger partial charge on any atom is -0.493 e. The van der Waals surface area contributed by atoms with E-state index < -0.39 is 11.9 Å². The summed E-state index contributed by atoms with van der Waals surface area (Å²) in [5.41, 5.74) is 5.88. The zero-order valence-electron chi connectivity index (χ0n) is 35.1. The summed E-state index contributed by atoms with van der Waals surface area (Å²) in [6.45, 7) is 5.37. The molecule has 5 rings (SSSR count). The van der Waals surface area contributed by atoms with Gasteiger partial charge in [-0.3, -0.25) is 0 Å². The predicted octanol–water partition coefficient (Wildman–Crippen LogP) is 5.23. The molecular formula is C45H62N2O11+2. The highest BCUT2D eigenvalue weighted by Gasteiger charge is 2.40. The lowest BCUT2D eigenvalue weighted by molar-refractivity contribution is -0.941. The number of aliphatic hydroxyl groups excluding tert-OH is 2. The molecule has 2 heterocycles. The third-order valence-corrected chi connectivity index (χ3v) is 11.9. The molecule has 0 aromatic heterocycles. The Labute approximate surface area is 342 Å². The molecule has 1 fully saturated rings. The standard InChI is InChI=1S/C45H62N2O11/c1-46(22-17-33-27-35(30-48)36(31-49)28-37(33)38(46)25-32-11-13-39(52-2)41(26-32)54-4)18-9-23-57-42(50)15-16-43(51)58-24-10-21-47(19-7-8-20-47)29-34-12-14-40(53-3)45(56-6)44(34)55-5/h11-16,26-28,38,48-49H,7-10,17-25,29-31H2,1-6H3/q+2/t38-,46-/m1/s1. The van der Waals surface area contributed by atoms with Crippen LogP contribution in [0.2, 0.25) is 0 Å². The summed E-state index contributed by atoms with van der Waals surface area (Å²) >= 11 is 0. The molecule has 0 aliphatic carbocycles. The molecule has 0 unspecified atom stereocenters. The Kier molecular flexibility index (Phi) is 15.8. The van der Waals surface area contributed by atoms with Gasteiger partial charge >= 0.3 is 11.9 Å². The fraction of sp³-hybridized carbons (Fsp3) is 0.511. The van der Waals surface area contributed by atoms with E-state index in [0.717, 1.165) is 109 Å². The van der Waals surface area contributed by atoms with Crippen molar-refractivity contribution in [2.45, 2.75) is 64.3 Å². The molecule has 0 bridgehead atoms. The van der Waals surface area contributed by atoms with Crippen LogP contribution in [0.3, 0.4) is 0 Å². The first-order valence-corrected chi connectivity index (χ1v) is 20.1. The van der Waals surface area contributed by atoms with Gasteiger partial charge < -0.3 is 52.3 Å². The van der Waals surface area contributed by atoms with Crippen LogP contribution in [0.25, 0.3) is 0 Å². The van der Waals surface area contributed by atoms with E-state index in [-0.39, 0.29) is 32.5 Å². The molecule has 2 aliphatic heterocycles. The van der Waals surface area contributed by atoms with Crippen LogP contribution >= 0.6 is 0 Å². The number of esters is 2. The SMILES string of the molecule is COc1ccc(C[C@@H]2c3cc(CO)c(CO)cc3CC[N@@+]2(C)CCCOC(=O)C=CC(=O)OCCC[N+]2(Cc3ccc(OC)c(OC)c3OC)CCCC2)cc1OC. The Bertz CT molecular complexity index is 1890. The molecule has 0 saturated carbocycles. The van der Waals surface area contributed by atoms with E-state index in [4.69, 9.17) is 33.2 Å². The minimum absolute atomic E-state index is 0.0291. The smallest absolute Gasteiger partial charge is 0.331 e. The molecule has 2 aliphatic rings. The summed E-state index contributed by atoms with van der Waals surface area (Å²) in [4.78, 5) is 25.2. The van der Waals surface area contributed by atoms with Crippen LogP contribution in [0, 0.1) is 0 Å². The summed E-state index contributed by atoms with van der Waals surface area (Å²) in [5, 5.41) is 20.1. The van der Waals surface area contributed by atoms with Gasteiger partial charge in [0.15, 0.2) is 23.0 Å². The van der Waals surface area contributed by atoms with Crippen molar-refractivity contribution in [1.82, 2.24) is 0 Å². The molecule has 2 N–H and O–H groups in total. The number of methoxy groups -OCH3 is 5. The number of ether oxygens (including phenoxy) is 7. The molecule has 3 aromatic carbocycles. The number of aliphatic hydroxyl groups is 2. The van der Waals surface area contributed by atoms with Gasteiger partial charge in [0.1, 0.15) is 12.6 Å². The van der Waals surface area contributed by atoms with Crippen molar-refractivity contribution in [3.63, 3.8) is 0 Å². The Morgan fingerprint density at radius 2 is 1.29 bits per heavy atom. The summed E-state index contributed by atoms with van der Waals surface area (Å²) < 4.78 is 40.4. The first-order valence-electron chi connectivity index (χ1n) is 20.1. The lowest BCUT2D eigenvalue weighted by Gasteiger charge is -2.46. The number of rotatable bonds is 21. The highest BCUT2D eigenvalue weighted by Crippen LogP contribution is 2.42. The third kappa shape index (κ3) is 10.6. The van der Waals surface area contributed by atoms with E-state index >= 15 is 0 Å². The molecule has 13 heteroatoms. The van der Waals surface area contributed by atoms with Gasteiger partial charge in [-0.2, -0.15) is 0 Å². The number of fused-ring (bicyclic) bond motifs is 1. The molecule has 13 nitrogen and oxygen atoms in total. The second-order valence-corrected chi connectivity index (χ2v) is 15.5. The number of nitrogens with zero attached hydrogens (tertiary/aromatic N) is 2. The van der Waals surface area contributed by atoms with Gasteiger partial charge in [-0.15, -0.1) is 0 Å². The topological polar surface area (TPSA) is 139 Å². The fourth-order valence-corrected chi connectivity index (χ4v) is 8.80. The van der Waals surface area contributed by atoms with Crippen molar-refractivity contribution in [3.05, 3.63) is 88.0 Å². The van der Waals surface area contributed by atoms with E-state index in [1.165, 1.54) is 0 Å². The monoisotopic (exact) mass is 806 g/mol. The van der Waals surface area contributed by atoms with Crippen LogP contribution < -0.4 is 23.7 Å². The van der Waals surface area contributed by atoms with Gasteiger partial charge in [0.05, 0.1) is 107 Å². The third-order valence-electron chi connectivity index (χ3n) is 11.9. The molecule has 0 amide bonds. The quantitative estimate of drug-likeness (QED) is 0.0633. The van der Waals surface area contributed by atoms with Crippen molar-refractivity contribution in [2.24, 2.45) is 0 Å². The Morgan fingerprint density at radius 1 is 0.690 bits per heavy atom. The number of quaternary nitrogens is 2. The summed E-state index contributed by atoms with van der Waals surface area (Å²) in [5.74, 6) is 2.00. The van der Waals surface area contributed by atoms with Gasteiger partial charge in [-0.1, -0.05) is 12.1 Å². The van der Waals surface area contributed by atoms with Crippen LogP contribution in [0.5, 0.6) is 28.7 Å². The van der Waals surface area contributed by atoms with Crippen molar-refractivity contribution >= 4 is 11.9 Å². The van der Waals surface area contributed by atoms with Gasteiger partial charge in [0.2, 0.25) is 5.75 Å². The Hall–Kier alpha value is -4.82. The van der Waals surface area contributed by atoms with Gasteiger partial charge in [0, 0.05) is 56.2 Å². The second-order valence-electron chi connectivity index (χ2n) is 15.5. The number of hydrogen-bond donors (Lipinski definition) is 2. The zero-order chi connectivity index (χ0) is 41.7. The molecule has 2 atom stereocenters. The van der Waals surface area contributed by atoms with Crippen molar-refractivity contribution in [2.75, 3.05) is 88.5 Å². The summed E-state index contributed by atoms with van der Waals surface area (Å²) in [7, 11) is 10.3. The van der Waals surface area contributed by atoms with Gasteiger partial charge in [-0.25, -0.2) is 9.59 Å². The highest BCUT2D eigenvalue weighted by molar-refractivity contribution is 5.91. The lowest BCUT2D eigenvalue weighted by Crippen LogP contribution is -2.52. The van der Waals surface area contributed by atoms with Crippen LogP contribution in [0.15, 0.2) is 54.6 Å². The van der Waals surface area contributed by atoms with Crippen LogP contribution in [0.1, 0.15) is 65.1 Å². The van der Waals surface area contributed by atoms with Crippen molar-refractivity contribution in [3.8, 4) is 28.7 Å². The molecule has 0 radical (unpaired) electrons. The minimum atomic E-state index is -0.597. The molecule has 316 valence electrons. The first kappa shape index (κ1) is 44.3. The molecule has 1 saturated heterocycles. The maximum atomic E-state index is 12.6. The Balaban J connectivity index is 1.13. The zero-order valence-corrected chi connectivity index (χ0v) is 35.1. The molecular weight excluding hydrogens is 744 g/mol. The summed E-state index contributed by atoms with van der Waals surface area (Å²) in [6.07, 6.45) is 7.31. The number of likely N-dealkylation sites (N-methyl/N-ethyl adjacent to an activating group) is 1. The van der Waals surface area contributed by atoms with Gasteiger partial charge in [-0.05, 0) is 52.6 Å². The lowest BCUT2D eigenvalue weighted by atomic mass is 9.84.